The predicted octanol–water partition coefficient (Wildman–Crippen LogP) is 4.93. The summed E-state index contributed by atoms with van der Waals surface area (Å²) in [5.41, 5.74) is 1.16. The van der Waals surface area contributed by atoms with Gasteiger partial charge in [-0.3, -0.25) is 19.5 Å². The highest BCUT2D eigenvalue weighted by molar-refractivity contribution is 6.51. The number of aliphatic hydroxyl groups is 1. The lowest BCUT2D eigenvalue weighted by molar-refractivity contribution is -0.132. The fraction of sp³-hybridized carbons (Fsp3) is 0.154. The molecule has 0 bridgehead atoms. The van der Waals surface area contributed by atoms with Crippen molar-refractivity contribution in [3.8, 4) is 0 Å². The summed E-state index contributed by atoms with van der Waals surface area (Å²) < 4.78 is 5.20. The van der Waals surface area contributed by atoms with Crippen LogP contribution in [0.2, 0.25) is 5.02 Å². The van der Waals surface area contributed by atoms with Crippen LogP contribution >= 0.6 is 11.6 Å². The Hall–Kier alpha value is -3.97. The molecular formula is C26H21ClN2O5. The molecular weight excluding hydrogens is 456 g/mol. The van der Waals surface area contributed by atoms with E-state index in [9.17, 15) is 19.5 Å². The number of aromatic nitrogens is 1. The maximum absolute atomic E-state index is 13.2. The quantitative estimate of drug-likeness (QED) is 0.234. The summed E-state index contributed by atoms with van der Waals surface area (Å²) in [5, 5.41) is 11.5. The zero-order valence-electron chi connectivity index (χ0n) is 18.3. The summed E-state index contributed by atoms with van der Waals surface area (Å²) in [6, 6.07) is 16.6. The molecule has 0 radical (unpaired) electrons. The number of rotatable bonds is 6. The van der Waals surface area contributed by atoms with Crippen LogP contribution in [-0.4, -0.2) is 34.4 Å². The molecule has 172 valence electrons. The Labute approximate surface area is 201 Å². The van der Waals surface area contributed by atoms with Crippen LogP contribution in [0.15, 0.2) is 78.5 Å². The molecule has 1 unspecified atom stereocenters. The third-order valence-electron chi connectivity index (χ3n) is 5.33. The number of amides is 1. The van der Waals surface area contributed by atoms with E-state index in [-0.39, 0.29) is 23.5 Å². The number of Topliss-reactive ketones (excluding diaryl/α,β-unsaturated/α-hetero) is 1. The molecule has 1 aromatic heterocycles. The molecule has 0 saturated carbocycles. The van der Waals surface area contributed by atoms with Gasteiger partial charge < -0.3 is 9.84 Å². The molecule has 1 amide bonds. The number of hydrogen-bond acceptors (Lipinski definition) is 6. The van der Waals surface area contributed by atoms with Gasteiger partial charge in [-0.15, -0.1) is 0 Å². The molecule has 1 saturated heterocycles. The average molecular weight is 477 g/mol. The van der Waals surface area contributed by atoms with Crippen LogP contribution in [-0.2, 0) is 14.3 Å². The number of nitrogens with zero attached hydrogens (tertiary/aromatic N) is 2. The minimum atomic E-state index is -1.00. The summed E-state index contributed by atoms with van der Waals surface area (Å²) in [4.78, 5) is 44.3. The van der Waals surface area contributed by atoms with Crippen molar-refractivity contribution in [2.75, 3.05) is 11.5 Å². The Balaban J connectivity index is 1.85. The van der Waals surface area contributed by atoms with Gasteiger partial charge in [-0.1, -0.05) is 30.7 Å². The molecule has 7 nitrogen and oxygen atoms in total. The average Bonchev–Trinajstić information content (AvgIpc) is 3.13. The second-order valence-electron chi connectivity index (χ2n) is 7.62. The number of ketones is 1. The van der Waals surface area contributed by atoms with Crippen LogP contribution in [0, 0.1) is 0 Å². The molecule has 34 heavy (non-hydrogen) atoms. The van der Waals surface area contributed by atoms with Crippen molar-refractivity contribution < 1.29 is 24.2 Å². The van der Waals surface area contributed by atoms with Gasteiger partial charge in [-0.2, -0.15) is 0 Å². The Kier molecular flexibility index (Phi) is 6.75. The van der Waals surface area contributed by atoms with Crippen molar-refractivity contribution in [1.82, 2.24) is 4.98 Å². The maximum Gasteiger partial charge on any atom is 0.338 e. The lowest BCUT2D eigenvalue weighted by atomic mass is 9.98. The number of esters is 1. The Morgan fingerprint density at radius 1 is 1.06 bits per heavy atom. The molecule has 1 aliphatic rings. The summed E-state index contributed by atoms with van der Waals surface area (Å²) in [7, 11) is 0. The van der Waals surface area contributed by atoms with E-state index in [1.54, 1.807) is 60.7 Å². The van der Waals surface area contributed by atoms with Crippen molar-refractivity contribution in [2.45, 2.75) is 19.4 Å². The van der Waals surface area contributed by atoms with Gasteiger partial charge >= 0.3 is 5.97 Å². The van der Waals surface area contributed by atoms with Crippen molar-refractivity contribution in [2.24, 2.45) is 0 Å². The Bertz CT molecular complexity index is 1270. The molecule has 2 heterocycles. The fourth-order valence-electron chi connectivity index (χ4n) is 3.74. The van der Waals surface area contributed by atoms with E-state index in [4.69, 9.17) is 16.3 Å². The van der Waals surface area contributed by atoms with Crippen LogP contribution in [0.4, 0.5) is 5.69 Å². The molecule has 3 aromatic rings. The van der Waals surface area contributed by atoms with E-state index in [0.717, 1.165) is 0 Å². The molecule has 1 aliphatic heterocycles. The number of carbonyl (C=O) groups is 3. The third-order valence-corrected chi connectivity index (χ3v) is 5.58. The van der Waals surface area contributed by atoms with Crippen molar-refractivity contribution in [3.05, 3.63) is 100 Å². The van der Waals surface area contributed by atoms with Gasteiger partial charge in [0.25, 0.3) is 11.7 Å². The van der Waals surface area contributed by atoms with Crippen LogP contribution in [0.3, 0.4) is 0 Å². The van der Waals surface area contributed by atoms with E-state index in [2.05, 4.69) is 4.98 Å². The number of halogens is 1. The molecule has 2 aromatic carbocycles. The summed E-state index contributed by atoms with van der Waals surface area (Å²) in [6.45, 7) is 2.15. The Morgan fingerprint density at radius 2 is 1.82 bits per heavy atom. The zero-order chi connectivity index (χ0) is 24.2. The van der Waals surface area contributed by atoms with Crippen molar-refractivity contribution in [1.29, 1.82) is 0 Å². The topological polar surface area (TPSA) is 96.8 Å². The number of anilines is 1. The monoisotopic (exact) mass is 476 g/mol. The largest absolute Gasteiger partial charge is 0.507 e. The number of benzene rings is 2. The lowest BCUT2D eigenvalue weighted by Crippen LogP contribution is -2.30. The SMILES string of the molecule is CCCOC(=O)c1cccc(N2C(=O)C(=O)/C(=C(/O)c3ccc(Cl)cc3)C2c2ccccn2)c1. The first-order chi connectivity index (χ1) is 16.4. The molecule has 4 rings (SSSR count). The maximum atomic E-state index is 13.2. The Morgan fingerprint density at radius 3 is 2.50 bits per heavy atom. The highest BCUT2D eigenvalue weighted by Gasteiger charge is 2.47. The summed E-state index contributed by atoms with van der Waals surface area (Å²) >= 11 is 5.95. The standard InChI is InChI=1S/C26H21ClN2O5/c1-2-14-34-26(33)17-6-5-7-19(15-17)29-22(20-8-3-4-13-28-20)21(24(31)25(29)32)23(30)16-9-11-18(27)12-10-16/h3-13,15,22,30H,2,14H2,1H3/b23-21+. The van der Waals surface area contributed by atoms with Crippen LogP contribution in [0.5, 0.6) is 0 Å². The highest BCUT2D eigenvalue weighted by atomic mass is 35.5. The van der Waals surface area contributed by atoms with Gasteiger partial charge in [0, 0.05) is 22.5 Å². The highest BCUT2D eigenvalue weighted by Crippen LogP contribution is 2.41. The van der Waals surface area contributed by atoms with E-state index in [1.807, 2.05) is 6.92 Å². The second-order valence-corrected chi connectivity index (χ2v) is 8.05. The number of pyridine rings is 1. The third kappa shape index (κ3) is 4.43. The van der Waals surface area contributed by atoms with E-state index in [1.165, 1.54) is 17.2 Å². The van der Waals surface area contributed by atoms with E-state index >= 15 is 0 Å². The lowest BCUT2D eigenvalue weighted by Gasteiger charge is -2.25. The molecule has 1 N–H and O–H groups in total. The smallest absolute Gasteiger partial charge is 0.338 e. The minimum Gasteiger partial charge on any atom is -0.507 e. The molecule has 0 spiro atoms. The van der Waals surface area contributed by atoms with Gasteiger partial charge in [0.1, 0.15) is 11.8 Å². The number of carbonyl (C=O) groups excluding carboxylic acids is 3. The summed E-state index contributed by atoms with van der Waals surface area (Å²) in [6.07, 6.45) is 2.21. The minimum absolute atomic E-state index is 0.106. The van der Waals surface area contributed by atoms with Crippen molar-refractivity contribution >= 4 is 40.7 Å². The van der Waals surface area contributed by atoms with Gasteiger partial charge in [-0.05, 0) is 61.0 Å². The molecule has 0 aliphatic carbocycles. The van der Waals surface area contributed by atoms with Crippen LogP contribution < -0.4 is 4.90 Å². The van der Waals surface area contributed by atoms with Crippen molar-refractivity contribution in [3.63, 3.8) is 0 Å². The number of hydrogen-bond donors (Lipinski definition) is 1. The molecule has 1 fully saturated rings. The van der Waals surface area contributed by atoms with Gasteiger partial charge in [0.05, 0.1) is 23.4 Å². The number of aliphatic hydroxyl groups excluding tert-OH is 1. The fourth-order valence-corrected chi connectivity index (χ4v) is 3.87. The van der Waals surface area contributed by atoms with Gasteiger partial charge in [0.15, 0.2) is 0 Å². The van der Waals surface area contributed by atoms with Gasteiger partial charge in [0.2, 0.25) is 0 Å². The normalized spacial score (nSPS) is 17.1. The molecule has 8 heteroatoms. The first-order valence-electron chi connectivity index (χ1n) is 10.7. The van der Waals surface area contributed by atoms with Crippen LogP contribution in [0.1, 0.15) is 41.0 Å². The van der Waals surface area contributed by atoms with E-state index < -0.39 is 23.7 Å². The number of ether oxygens (including phenoxy) is 1. The van der Waals surface area contributed by atoms with E-state index in [0.29, 0.717) is 28.4 Å². The summed E-state index contributed by atoms with van der Waals surface area (Å²) in [5.74, 6) is -2.57. The first-order valence-corrected chi connectivity index (χ1v) is 11.0. The predicted molar refractivity (Wildman–Crippen MR) is 127 cm³/mol. The molecule has 1 atom stereocenters. The van der Waals surface area contributed by atoms with Gasteiger partial charge in [-0.25, -0.2) is 4.79 Å². The van der Waals surface area contributed by atoms with Crippen LogP contribution in [0.25, 0.3) is 5.76 Å². The second kappa shape index (κ2) is 9.89. The first kappa shape index (κ1) is 23.2. The zero-order valence-corrected chi connectivity index (χ0v) is 19.0.